The van der Waals surface area contributed by atoms with E-state index in [1.54, 1.807) is 30.9 Å². The molecule has 0 aliphatic carbocycles. The van der Waals surface area contributed by atoms with Crippen molar-refractivity contribution in [3.05, 3.63) is 23.7 Å². The number of hydrogen-bond donors (Lipinski definition) is 1. The number of hydrogen-bond acceptors (Lipinski definition) is 4. The molecule has 0 spiro atoms. The van der Waals surface area contributed by atoms with Crippen LogP contribution >= 0.6 is 0 Å². The predicted octanol–water partition coefficient (Wildman–Crippen LogP) is 1.12. The van der Waals surface area contributed by atoms with Crippen molar-refractivity contribution in [2.45, 2.75) is 26.4 Å². The van der Waals surface area contributed by atoms with Gasteiger partial charge in [-0.25, -0.2) is 0 Å². The largest absolute Gasteiger partial charge is 0.456 e. The van der Waals surface area contributed by atoms with E-state index in [9.17, 15) is 9.90 Å². The molecule has 5 heteroatoms. The number of carbonyl (C=O) groups is 1. The number of furan rings is 1. The summed E-state index contributed by atoms with van der Waals surface area (Å²) in [5.74, 6) is 1.12. The lowest BCUT2D eigenvalue weighted by Crippen LogP contribution is -2.51. The van der Waals surface area contributed by atoms with Gasteiger partial charge in [0.05, 0.1) is 5.60 Å². The highest BCUT2D eigenvalue weighted by molar-refractivity contribution is 5.91. The minimum Gasteiger partial charge on any atom is -0.456 e. The first-order valence-electron chi connectivity index (χ1n) is 6.65. The number of aliphatic hydroxyl groups is 1. The third-order valence-corrected chi connectivity index (χ3v) is 3.22. The maximum Gasteiger partial charge on any atom is 0.289 e. The van der Waals surface area contributed by atoms with Crippen LogP contribution in [0.4, 0.5) is 0 Å². The maximum absolute atomic E-state index is 12.2. The van der Waals surface area contributed by atoms with Crippen molar-refractivity contribution >= 4 is 5.91 Å². The molecule has 1 N–H and O–H groups in total. The minimum absolute atomic E-state index is 0.0454. The van der Waals surface area contributed by atoms with Gasteiger partial charge in [0.15, 0.2) is 5.76 Å². The Kier molecular flexibility index (Phi) is 3.96. The molecule has 1 aliphatic heterocycles. The van der Waals surface area contributed by atoms with Gasteiger partial charge in [-0.05, 0) is 32.9 Å². The van der Waals surface area contributed by atoms with Crippen LogP contribution in [-0.4, -0.2) is 59.1 Å². The molecule has 0 radical (unpaired) electrons. The molecule has 106 valence electrons. The molecular weight excluding hydrogens is 244 g/mol. The molecule has 19 heavy (non-hydrogen) atoms. The maximum atomic E-state index is 12.2. The number of carbonyl (C=O) groups excluding carboxylic acids is 1. The SMILES string of the molecule is Cc1ccc(C(=O)N2CCN(CC(C)(C)O)CC2)o1. The minimum atomic E-state index is -0.690. The summed E-state index contributed by atoms with van der Waals surface area (Å²) in [6.07, 6.45) is 0. The van der Waals surface area contributed by atoms with E-state index in [2.05, 4.69) is 4.90 Å². The number of piperazine rings is 1. The van der Waals surface area contributed by atoms with Gasteiger partial charge in [0.1, 0.15) is 5.76 Å². The third kappa shape index (κ3) is 3.81. The summed E-state index contributed by atoms with van der Waals surface area (Å²) in [5, 5.41) is 9.79. The molecular formula is C14H22N2O3. The molecule has 1 aliphatic rings. The molecule has 1 saturated heterocycles. The number of amides is 1. The van der Waals surface area contributed by atoms with Gasteiger partial charge in [0.25, 0.3) is 5.91 Å². The molecule has 0 aromatic carbocycles. The summed E-state index contributed by atoms with van der Waals surface area (Å²) in [6.45, 7) is 8.99. The smallest absolute Gasteiger partial charge is 0.289 e. The Morgan fingerprint density at radius 1 is 1.32 bits per heavy atom. The topological polar surface area (TPSA) is 56.9 Å². The second-order valence-corrected chi connectivity index (χ2v) is 5.79. The van der Waals surface area contributed by atoms with Gasteiger partial charge in [-0.2, -0.15) is 0 Å². The van der Waals surface area contributed by atoms with Gasteiger partial charge in [0.2, 0.25) is 0 Å². The van der Waals surface area contributed by atoms with E-state index in [0.717, 1.165) is 18.8 Å². The van der Waals surface area contributed by atoms with E-state index in [-0.39, 0.29) is 5.91 Å². The molecule has 0 unspecified atom stereocenters. The Labute approximate surface area is 113 Å². The molecule has 0 atom stereocenters. The number of nitrogens with zero attached hydrogens (tertiary/aromatic N) is 2. The van der Waals surface area contributed by atoms with Crippen molar-refractivity contribution in [3.8, 4) is 0 Å². The standard InChI is InChI=1S/C14H22N2O3/c1-11-4-5-12(19-11)13(17)16-8-6-15(7-9-16)10-14(2,3)18/h4-5,18H,6-10H2,1-3H3. The molecule has 1 aromatic heterocycles. The fourth-order valence-corrected chi connectivity index (χ4v) is 2.36. The summed E-state index contributed by atoms with van der Waals surface area (Å²) in [5.41, 5.74) is -0.690. The van der Waals surface area contributed by atoms with Crippen LogP contribution in [0, 0.1) is 6.92 Å². The van der Waals surface area contributed by atoms with Crippen molar-refractivity contribution in [2.24, 2.45) is 0 Å². The lowest BCUT2D eigenvalue weighted by Gasteiger charge is -2.36. The Bertz CT molecular complexity index is 440. The van der Waals surface area contributed by atoms with E-state index < -0.39 is 5.60 Å². The fraction of sp³-hybridized carbons (Fsp3) is 0.643. The van der Waals surface area contributed by atoms with Crippen molar-refractivity contribution in [1.82, 2.24) is 9.80 Å². The highest BCUT2D eigenvalue weighted by Gasteiger charge is 2.26. The molecule has 1 amide bonds. The predicted molar refractivity (Wildman–Crippen MR) is 72.1 cm³/mol. The van der Waals surface area contributed by atoms with Crippen LogP contribution in [0.2, 0.25) is 0 Å². The number of aryl methyl sites for hydroxylation is 1. The molecule has 1 aromatic rings. The van der Waals surface area contributed by atoms with Crippen LogP contribution in [0.1, 0.15) is 30.2 Å². The van der Waals surface area contributed by atoms with Gasteiger partial charge in [0, 0.05) is 32.7 Å². The van der Waals surface area contributed by atoms with Crippen LogP contribution in [0.3, 0.4) is 0 Å². The summed E-state index contributed by atoms with van der Waals surface area (Å²) in [6, 6.07) is 3.53. The van der Waals surface area contributed by atoms with Gasteiger partial charge in [-0.1, -0.05) is 0 Å². The highest BCUT2D eigenvalue weighted by Crippen LogP contribution is 2.13. The highest BCUT2D eigenvalue weighted by atomic mass is 16.3. The average Bonchev–Trinajstić information content (AvgIpc) is 2.74. The molecule has 0 bridgehead atoms. The molecule has 1 fully saturated rings. The third-order valence-electron chi connectivity index (χ3n) is 3.22. The van der Waals surface area contributed by atoms with Crippen LogP contribution < -0.4 is 0 Å². The second kappa shape index (κ2) is 5.35. The Balaban J connectivity index is 1.88. The van der Waals surface area contributed by atoms with E-state index in [4.69, 9.17) is 4.42 Å². The normalized spacial score (nSPS) is 17.8. The van der Waals surface area contributed by atoms with E-state index in [1.165, 1.54) is 0 Å². The van der Waals surface area contributed by atoms with Gasteiger partial charge >= 0.3 is 0 Å². The summed E-state index contributed by atoms with van der Waals surface area (Å²) >= 11 is 0. The van der Waals surface area contributed by atoms with Crippen molar-refractivity contribution < 1.29 is 14.3 Å². The summed E-state index contributed by atoms with van der Waals surface area (Å²) in [7, 11) is 0. The second-order valence-electron chi connectivity index (χ2n) is 5.79. The molecule has 0 saturated carbocycles. The van der Waals surface area contributed by atoms with Crippen molar-refractivity contribution in [1.29, 1.82) is 0 Å². The molecule has 2 heterocycles. The zero-order valence-electron chi connectivity index (χ0n) is 11.8. The van der Waals surface area contributed by atoms with E-state index >= 15 is 0 Å². The van der Waals surface area contributed by atoms with Crippen LogP contribution in [0.5, 0.6) is 0 Å². The monoisotopic (exact) mass is 266 g/mol. The first-order valence-corrected chi connectivity index (χ1v) is 6.65. The first-order chi connectivity index (χ1) is 8.85. The lowest BCUT2D eigenvalue weighted by atomic mass is 10.1. The van der Waals surface area contributed by atoms with E-state index in [1.807, 2.05) is 6.92 Å². The van der Waals surface area contributed by atoms with Gasteiger partial charge in [-0.3, -0.25) is 9.69 Å². The molecule has 5 nitrogen and oxygen atoms in total. The van der Waals surface area contributed by atoms with Crippen molar-refractivity contribution in [3.63, 3.8) is 0 Å². The zero-order valence-corrected chi connectivity index (χ0v) is 11.8. The van der Waals surface area contributed by atoms with Crippen molar-refractivity contribution in [2.75, 3.05) is 32.7 Å². The summed E-state index contributed by atoms with van der Waals surface area (Å²) in [4.78, 5) is 16.2. The van der Waals surface area contributed by atoms with Crippen LogP contribution in [0.15, 0.2) is 16.5 Å². The quantitative estimate of drug-likeness (QED) is 0.890. The Morgan fingerprint density at radius 3 is 2.42 bits per heavy atom. The fourth-order valence-electron chi connectivity index (χ4n) is 2.36. The first kappa shape index (κ1) is 14.1. The Morgan fingerprint density at radius 2 is 1.95 bits per heavy atom. The number of rotatable bonds is 3. The number of β-amino-alcohol motifs (C(OH)–C–C–N with tert-alkyl or cyclic N) is 1. The van der Waals surface area contributed by atoms with Gasteiger partial charge in [-0.15, -0.1) is 0 Å². The Hall–Kier alpha value is -1.33. The zero-order chi connectivity index (χ0) is 14.0. The molecule has 2 rings (SSSR count). The lowest BCUT2D eigenvalue weighted by molar-refractivity contribution is 0.0171. The van der Waals surface area contributed by atoms with Crippen LogP contribution in [0.25, 0.3) is 0 Å². The summed E-state index contributed by atoms with van der Waals surface area (Å²) < 4.78 is 5.36. The average molecular weight is 266 g/mol. The van der Waals surface area contributed by atoms with Gasteiger partial charge < -0.3 is 14.4 Å². The van der Waals surface area contributed by atoms with E-state index in [0.29, 0.717) is 25.4 Å². The van der Waals surface area contributed by atoms with Crippen LogP contribution in [-0.2, 0) is 0 Å².